The van der Waals surface area contributed by atoms with E-state index in [0.29, 0.717) is 35.4 Å². The third kappa shape index (κ3) is 4.99. The van der Waals surface area contributed by atoms with Gasteiger partial charge in [-0.3, -0.25) is 14.4 Å². The van der Waals surface area contributed by atoms with Crippen LogP contribution in [0.15, 0.2) is 18.2 Å². The standard InChI is InChI=1S/C20H26N2O5/c1-12(23)21-16-5-6-18(26-2)17(10-16)22-19(24)11-27-20(25)9-15-8-13-3-4-14(15)7-13/h5-6,10,13-15H,3-4,7-9,11H2,1-2H3,(H,21,23)(H,22,24)/t13-,14-,15+/m1/s1. The molecule has 2 aliphatic rings. The number of fused-ring (bicyclic) bond motifs is 2. The van der Waals surface area contributed by atoms with E-state index in [-0.39, 0.29) is 18.5 Å². The number of hydrogen-bond acceptors (Lipinski definition) is 5. The number of nitrogens with one attached hydrogen (secondary N) is 2. The fraction of sp³-hybridized carbons (Fsp3) is 0.550. The monoisotopic (exact) mass is 374 g/mol. The lowest BCUT2D eigenvalue weighted by Crippen LogP contribution is -2.23. The molecule has 2 aliphatic carbocycles. The third-order valence-corrected chi connectivity index (χ3v) is 5.47. The molecule has 7 nitrogen and oxygen atoms in total. The molecule has 0 aromatic heterocycles. The van der Waals surface area contributed by atoms with Crippen LogP contribution in [0.1, 0.15) is 39.0 Å². The number of hydrogen-bond donors (Lipinski definition) is 2. The van der Waals surface area contributed by atoms with E-state index in [0.717, 1.165) is 12.3 Å². The molecule has 3 rings (SSSR count). The van der Waals surface area contributed by atoms with Gasteiger partial charge in [0.25, 0.3) is 5.91 Å². The van der Waals surface area contributed by atoms with Crippen molar-refractivity contribution >= 4 is 29.2 Å². The van der Waals surface area contributed by atoms with Crippen molar-refractivity contribution in [2.24, 2.45) is 17.8 Å². The summed E-state index contributed by atoms with van der Waals surface area (Å²) in [4.78, 5) is 35.4. The number of methoxy groups -OCH3 is 1. The molecule has 0 heterocycles. The minimum Gasteiger partial charge on any atom is -0.495 e. The van der Waals surface area contributed by atoms with Crippen molar-refractivity contribution in [2.45, 2.75) is 39.0 Å². The van der Waals surface area contributed by atoms with E-state index in [4.69, 9.17) is 9.47 Å². The lowest BCUT2D eigenvalue weighted by molar-refractivity contribution is -0.148. The Hall–Kier alpha value is -2.57. The maximum Gasteiger partial charge on any atom is 0.306 e. The first kappa shape index (κ1) is 19.2. The topological polar surface area (TPSA) is 93.7 Å². The van der Waals surface area contributed by atoms with Crippen LogP contribution in [0.3, 0.4) is 0 Å². The van der Waals surface area contributed by atoms with Gasteiger partial charge in [0, 0.05) is 19.0 Å². The Labute approximate surface area is 158 Å². The fourth-order valence-electron chi connectivity index (χ4n) is 4.32. The number of amides is 2. The fourth-order valence-corrected chi connectivity index (χ4v) is 4.32. The van der Waals surface area contributed by atoms with Crippen LogP contribution < -0.4 is 15.4 Å². The first-order valence-electron chi connectivity index (χ1n) is 9.35. The SMILES string of the molecule is COc1ccc(NC(C)=O)cc1NC(=O)COC(=O)C[C@@H]1C[C@@H]2CC[C@@H]1C2. The van der Waals surface area contributed by atoms with Gasteiger partial charge in [-0.2, -0.15) is 0 Å². The predicted octanol–water partition coefficient (Wildman–Crippen LogP) is 2.96. The first-order chi connectivity index (χ1) is 12.9. The molecule has 2 fully saturated rings. The number of anilines is 2. The normalized spacial score (nSPS) is 23.0. The van der Waals surface area contributed by atoms with Gasteiger partial charge in [-0.1, -0.05) is 6.42 Å². The van der Waals surface area contributed by atoms with Gasteiger partial charge in [-0.15, -0.1) is 0 Å². The molecule has 2 bridgehead atoms. The smallest absolute Gasteiger partial charge is 0.306 e. The van der Waals surface area contributed by atoms with E-state index in [1.807, 2.05) is 0 Å². The van der Waals surface area contributed by atoms with Crippen LogP contribution in [0, 0.1) is 17.8 Å². The molecule has 7 heteroatoms. The maximum atomic E-state index is 12.2. The van der Waals surface area contributed by atoms with Crippen LogP contribution >= 0.6 is 0 Å². The van der Waals surface area contributed by atoms with E-state index in [2.05, 4.69) is 10.6 Å². The van der Waals surface area contributed by atoms with Crippen LogP contribution in [0.2, 0.25) is 0 Å². The number of carbonyl (C=O) groups excluding carboxylic acids is 3. The first-order valence-corrected chi connectivity index (χ1v) is 9.35. The average molecular weight is 374 g/mol. The molecule has 2 N–H and O–H groups in total. The Morgan fingerprint density at radius 3 is 2.59 bits per heavy atom. The molecule has 0 radical (unpaired) electrons. The van der Waals surface area contributed by atoms with Crippen molar-refractivity contribution in [2.75, 3.05) is 24.4 Å². The second-order valence-corrected chi connectivity index (χ2v) is 7.44. The zero-order chi connectivity index (χ0) is 19.4. The summed E-state index contributed by atoms with van der Waals surface area (Å²) in [6.07, 6.45) is 5.25. The van der Waals surface area contributed by atoms with Crippen molar-refractivity contribution in [1.29, 1.82) is 0 Å². The van der Waals surface area contributed by atoms with Crippen molar-refractivity contribution < 1.29 is 23.9 Å². The van der Waals surface area contributed by atoms with Gasteiger partial charge < -0.3 is 20.1 Å². The number of rotatable bonds is 7. The molecule has 0 aliphatic heterocycles. The summed E-state index contributed by atoms with van der Waals surface area (Å²) in [5.74, 6) is 1.30. The van der Waals surface area contributed by atoms with Crippen molar-refractivity contribution in [3.05, 3.63) is 18.2 Å². The van der Waals surface area contributed by atoms with Crippen LogP contribution in [-0.4, -0.2) is 31.5 Å². The lowest BCUT2D eigenvalue weighted by atomic mass is 9.86. The van der Waals surface area contributed by atoms with Crippen molar-refractivity contribution in [1.82, 2.24) is 0 Å². The Kier molecular flexibility index (Phi) is 5.98. The van der Waals surface area contributed by atoms with Gasteiger partial charge in [0.1, 0.15) is 5.75 Å². The van der Waals surface area contributed by atoms with E-state index >= 15 is 0 Å². The average Bonchev–Trinajstić information content (AvgIpc) is 3.23. The summed E-state index contributed by atoms with van der Waals surface area (Å²) in [6, 6.07) is 4.91. The highest BCUT2D eigenvalue weighted by atomic mass is 16.5. The van der Waals surface area contributed by atoms with Gasteiger partial charge in [0.05, 0.1) is 12.8 Å². The van der Waals surface area contributed by atoms with Crippen LogP contribution in [0.25, 0.3) is 0 Å². The third-order valence-electron chi connectivity index (χ3n) is 5.47. The zero-order valence-electron chi connectivity index (χ0n) is 15.7. The molecular formula is C20H26N2O5. The molecule has 2 amide bonds. The van der Waals surface area contributed by atoms with Crippen LogP contribution in [0.5, 0.6) is 5.75 Å². The van der Waals surface area contributed by atoms with Gasteiger partial charge in [-0.25, -0.2) is 0 Å². The summed E-state index contributed by atoms with van der Waals surface area (Å²) in [6.45, 7) is 1.06. The molecule has 0 unspecified atom stereocenters. The van der Waals surface area contributed by atoms with Crippen LogP contribution in [-0.2, 0) is 19.1 Å². The summed E-state index contributed by atoms with van der Waals surface area (Å²) in [5, 5.41) is 5.30. The van der Waals surface area contributed by atoms with Crippen molar-refractivity contribution in [3.8, 4) is 5.75 Å². The highest BCUT2D eigenvalue weighted by molar-refractivity contribution is 5.96. The molecule has 0 spiro atoms. The molecule has 27 heavy (non-hydrogen) atoms. The second-order valence-electron chi connectivity index (χ2n) is 7.44. The predicted molar refractivity (Wildman–Crippen MR) is 100 cm³/mol. The van der Waals surface area contributed by atoms with Gasteiger partial charge in [0.2, 0.25) is 5.91 Å². The minimum absolute atomic E-state index is 0.216. The second kappa shape index (κ2) is 8.41. The molecule has 1 aromatic rings. The lowest BCUT2D eigenvalue weighted by Gasteiger charge is -2.20. The summed E-state index contributed by atoms with van der Waals surface area (Å²) >= 11 is 0. The van der Waals surface area contributed by atoms with E-state index in [9.17, 15) is 14.4 Å². The number of benzene rings is 1. The Morgan fingerprint density at radius 1 is 1.15 bits per heavy atom. The largest absolute Gasteiger partial charge is 0.495 e. The van der Waals surface area contributed by atoms with Gasteiger partial charge in [-0.05, 0) is 55.2 Å². The Morgan fingerprint density at radius 2 is 1.96 bits per heavy atom. The molecular weight excluding hydrogens is 348 g/mol. The number of ether oxygens (including phenoxy) is 2. The van der Waals surface area contributed by atoms with E-state index in [1.165, 1.54) is 33.3 Å². The minimum atomic E-state index is -0.449. The molecule has 3 atom stereocenters. The molecule has 0 saturated heterocycles. The van der Waals surface area contributed by atoms with Gasteiger partial charge >= 0.3 is 5.97 Å². The van der Waals surface area contributed by atoms with Gasteiger partial charge in [0.15, 0.2) is 6.61 Å². The number of esters is 1. The van der Waals surface area contributed by atoms with Crippen molar-refractivity contribution in [3.63, 3.8) is 0 Å². The Bertz CT molecular complexity index is 733. The zero-order valence-corrected chi connectivity index (χ0v) is 15.7. The summed E-state index contributed by atoms with van der Waals surface area (Å²) in [5.41, 5.74) is 0.935. The quantitative estimate of drug-likeness (QED) is 0.716. The molecule has 1 aromatic carbocycles. The maximum absolute atomic E-state index is 12.2. The highest BCUT2D eigenvalue weighted by Gasteiger charge is 2.40. The molecule has 2 saturated carbocycles. The van der Waals surface area contributed by atoms with E-state index in [1.54, 1.807) is 18.2 Å². The number of carbonyl (C=O) groups is 3. The van der Waals surface area contributed by atoms with E-state index < -0.39 is 5.91 Å². The Balaban J connectivity index is 1.49. The summed E-state index contributed by atoms with van der Waals surface area (Å²) < 4.78 is 10.4. The van der Waals surface area contributed by atoms with Crippen LogP contribution in [0.4, 0.5) is 11.4 Å². The molecule has 146 valence electrons. The highest BCUT2D eigenvalue weighted by Crippen LogP contribution is 2.49. The summed E-state index contributed by atoms with van der Waals surface area (Å²) in [7, 11) is 1.48.